The van der Waals surface area contributed by atoms with Crippen molar-refractivity contribution in [3.63, 3.8) is 0 Å². The van der Waals surface area contributed by atoms with Gasteiger partial charge in [-0.3, -0.25) is 0 Å². The highest BCUT2D eigenvalue weighted by Gasteiger charge is 2.28. The van der Waals surface area contributed by atoms with Crippen molar-refractivity contribution in [3.8, 4) is 5.82 Å². The van der Waals surface area contributed by atoms with Crippen LogP contribution in [0.5, 0.6) is 0 Å². The summed E-state index contributed by atoms with van der Waals surface area (Å²) in [4.78, 5) is 9.37. The largest absolute Gasteiger partial charge is 0.370 e. The van der Waals surface area contributed by atoms with E-state index in [1.54, 1.807) is 0 Å². The van der Waals surface area contributed by atoms with Gasteiger partial charge in [-0.2, -0.15) is 5.10 Å². The van der Waals surface area contributed by atoms with Crippen LogP contribution < -0.4 is 5.32 Å². The van der Waals surface area contributed by atoms with Gasteiger partial charge >= 0.3 is 0 Å². The molecule has 1 N–H and O–H groups in total. The van der Waals surface area contributed by atoms with Crippen molar-refractivity contribution >= 4 is 5.82 Å². The molecule has 0 spiro atoms. The standard InChI is InChI=1S/C16H23N5/c1-5-13-10(3)20-21(11(13)4)15-9-14(17-6-2)18-16(19-15)12-7-8-12/h9,12H,5-8H2,1-4H3,(H,17,18,19). The van der Waals surface area contributed by atoms with E-state index in [0.29, 0.717) is 5.92 Å². The molecule has 0 bridgehead atoms. The molecule has 1 aliphatic carbocycles. The Kier molecular flexibility index (Phi) is 3.66. The van der Waals surface area contributed by atoms with E-state index in [9.17, 15) is 0 Å². The molecule has 112 valence electrons. The van der Waals surface area contributed by atoms with Crippen molar-refractivity contribution in [2.24, 2.45) is 0 Å². The minimum absolute atomic E-state index is 0.532. The quantitative estimate of drug-likeness (QED) is 0.917. The third-order valence-electron chi connectivity index (χ3n) is 4.04. The van der Waals surface area contributed by atoms with Crippen molar-refractivity contribution in [3.05, 3.63) is 28.8 Å². The van der Waals surface area contributed by atoms with Crippen LogP contribution in [-0.4, -0.2) is 26.3 Å². The molecule has 2 aromatic heterocycles. The Morgan fingerprint density at radius 1 is 1.24 bits per heavy atom. The van der Waals surface area contributed by atoms with E-state index in [4.69, 9.17) is 4.98 Å². The molecule has 2 aromatic rings. The van der Waals surface area contributed by atoms with Crippen molar-refractivity contribution in [2.45, 2.75) is 52.9 Å². The Bertz CT molecular complexity index is 655. The molecule has 0 amide bonds. The normalized spacial score (nSPS) is 14.5. The fraction of sp³-hybridized carbons (Fsp3) is 0.562. The zero-order valence-electron chi connectivity index (χ0n) is 13.3. The second-order valence-corrected chi connectivity index (χ2v) is 5.69. The predicted molar refractivity (Wildman–Crippen MR) is 84.1 cm³/mol. The molecule has 1 saturated carbocycles. The summed E-state index contributed by atoms with van der Waals surface area (Å²) < 4.78 is 1.96. The number of rotatable bonds is 5. The molecule has 0 aromatic carbocycles. The average Bonchev–Trinajstić information content (AvgIpc) is 3.26. The van der Waals surface area contributed by atoms with Crippen LogP contribution in [0.25, 0.3) is 5.82 Å². The number of hydrogen-bond donors (Lipinski definition) is 1. The first-order valence-electron chi connectivity index (χ1n) is 7.82. The zero-order chi connectivity index (χ0) is 15.0. The maximum atomic E-state index is 4.75. The van der Waals surface area contributed by atoms with Crippen LogP contribution in [0.4, 0.5) is 5.82 Å². The molecule has 0 saturated heterocycles. The lowest BCUT2D eigenvalue weighted by molar-refractivity contribution is 0.780. The van der Waals surface area contributed by atoms with Gasteiger partial charge in [0.2, 0.25) is 0 Å². The predicted octanol–water partition coefficient (Wildman–Crippen LogP) is 3.15. The number of aromatic nitrogens is 4. The van der Waals surface area contributed by atoms with Crippen LogP contribution in [-0.2, 0) is 6.42 Å². The molecule has 5 heteroatoms. The summed E-state index contributed by atoms with van der Waals surface area (Å²) in [6.07, 6.45) is 3.40. The van der Waals surface area contributed by atoms with Gasteiger partial charge in [0.25, 0.3) is 0 Å². The van der Waals surface area contributed by atoms with Crippen LogP contribution in [0.2, 0.25) is 0 Å². The second kappa shape index (κ2) is 5.47. The Morgan fingerprint density at radius 3 is 2.57 bits per heavy atom. The monoisotopic (exact) mass is 285 g/mol. The number of anilines is 1. The van der Waals surface area contributed by atoms with Crippen molar-refractivity contribution in [1.82, 2.24) is 19.7 Å². The smallest absolute Gasteiger partial charge is 0.159 e. The topological polar surface area (TPSA) is 55.6 Å². The van der Waals surface area contributed by atoms with Gasteiger partial charge in [0.1, 0.15) is 11.6 Å². The van der Waals surface area contributed by atoms with Gasteiger partial charge in [-0.05, 0) is 45.6 Å². The van der Waals surface area contributed by atoms with E-state index in [0.717, 1.165) is 36.1 Å². The minimum Gasteiger partial charge on any atom is -0.370 e. The van der Waals surface area contributed by atoms with Gasteiger partial charge in [-0.1, -0.05) is 6.92 Å². The fourth-order valence-corrected chi connectivity index (χ4v) is 2.77. The lowest BCUT2D eigenvalue weighted by atomic mass is 10.1. The molecule has 1 aliphatic rings. The Labute approximate surface area is 125 Å². The van der Waals surface area contributed by atoms with E-state index in [1.807, 2.05) is 10.7 Å². The first kappa shape index (κ1) is 14.0. The van der Waals surface area contributed by atoms with Crippen LogP contribution in [0.15, 0.2) is 6.07 Å². The highest BCUT2D eigenvalue weighted by Crippen LogP contribution is 2.38. The summed E-state index contributed by atoms with van der Waals surface area (Å²) in [5, 5.41) is 7.98. The van der Waals surface area contributed by atoms with Crippen molar-refractivity contribution in [2.75, 3.05) is 11.9 Å². The molecule has 0 atom stereocenters. The number of nitrogens with zero attached hydrogens (tertiary/aromatic N) is 4. The molecular formula is C16H23N5. The molecule has 21 heavy (non-hydrogen) atoms. The molecule has 1 fully saturated rings. The van der Waals surface area contributed by atoms with Crippen LogP contribution in [0.3, 0.4) is 0 Å². The number of aryl methyl sites for hydroxylation is 1. The molecule has 3 rings (SSSR count). The van der Waals surface area contributed by atoms with E-state index >= 15 is 0 Å². The highest BCUT2D eigenvalue weighted by molar-refractivity contribution is 5.44. The van der Waals surface area contributed by atoms with Gasteiger partial charge in [0.15, 0.2) is 5.82 Å². The molecule has 0 radical (unpaired) electrons. The first-order valence-corrected chi connectivity index (χ1v) is 7.82. The van der Waals surface area contributed by atoms with Gasteiger partial charge in [0, 0.05) is 24.2 Å². The number of nitrogens with one attached hydrogen (secondary N) is 1. The van der Waals surface area contributed by atoms with Crippen molar-refractivity contribution < 1.29 is 0 Å². The summed E-state index contributed by atoms with van der Waals surface area (Å²) in [5.74, 6) is 3.26. The Hall–Kier alpha value is -1.91. The van der Waals surface area contributed by atoms with Crippen LogP contribution >= 0.6 is 0 Å². The SMILES string of the molecule is CCNc1cc(-n2nc(C)c(CC)c2C)nc(C2CC2)n1. The average molecular weight is 285 g/mol. The van der Waals surface area contributed by atoms with Gasteiger partial charge in [-0.25, -0.2) is 14.6 Å². The number of hydrogen-bond acceptors (Lipinski definition) is 4. The Balaban J connectivity index is 2.08. The lowest BCUT2D eigenvalue weighted by Crippen LogP contribution is -2.09. The summed E-state index contributed by atoms with van der Waals surface area (Å²) in [7, 11) is 0. The molecular weight excluding hydrogens is 262 g/mol. The summed E-state index contributed by atoms with van der Waals surface area (Å²) in [6.45, 7) is 9.29. The first-order chi connectivity index (χ1) is 10.1. The lowest BCUT2D eigenvalue weighted by Gasteiger charge is -2.10. The molecule has 0 unspecified atom stereocenters. The van der Waals surface area contributed by atoms with E-state index in [-0.39, 0.29) is 0 Å². The second-order valence-electron chi connectivity index (χ2n) is 5.69. The third-order valence-corrected chi connectivity index (χ3v) is 4.04. The summed E-state index contributed by atoms with van der Waals surface area (Å²) in [6, 6.07) is 1.99. The molecule has 0 aliphatic heterocycles. The maximum absolute atomic E-state index is 4.75. The van der Waals surface area contributed by atoms with Gasteiger partial charge in [0.05, 0.1) is 5.69 Å². The Morgan fingerprint density at radius 2 is 2.00 bits per heavy atom. The molecule has 5 nitrogen and oxygen atoms in total. The van der Waals surface area contributed by atoms with Crippen LogP contribution in [0, 0.1) is 13.8 Å². The maximum Gasteiger partial charge on any atom is 0.159 e. The summed E-state index contributed by atoms with van der Waals surface area (Å²) >= 11 is 0. The van der Waals surface area contributed by atoms with Gasteiger partial charge in [-0.15, -0.1) is 0 Å². The third kappa shape index (κ3) is 2.64. The minimum atomic E-state index is 0.532. The van der Waals surface area contributed by atoms with Crippen LogP contribution in [0.1, 0.15) is 55.4 Å². The van der Waals surface area contributed by atoms with Crippen molar-refractivity contribution in [1.29, 1.82) is 0 Å². The van der Waals surface area contributed by atoms with E-state index in [1.165, 1.54) is 24.1 Å². The van der Waals surface area contributed by atoms with Gasteiger partial charge < -0.3 is 5.32 Å². The van der Waals surface area contributed by atoms with E-state index < -0.39 is 0 Å². The fourth-order valence-electron chi connectivity index (χ4n) is 2.77. The summed E-state index contributed by atoms with van der Waals surface area (Å²) in [5.41, 5.74) is 3.58. The van der Waals surface area contributed by atoms with E-state index in [2.05, 4.69) is 43.1 Å². The molecule has 2 heterocycles. The highest BCUT2D eigenvalue weighted by atomic mass is 15.3. The zero-order valence-corrected chi connectivity index (χ0v) is 13.3.